The lowest BCUT2D eigenvalue weighted by molar-refractivity contribution is 0.153. The third-order valence-electron chi connectivity index (χ3n) is 1.86. The van der Waals surface area contributed by atoms with Gasteiger partial charge in [0.15, 0.2) is 0 Å². The van der Waals surface area contributed by atoms with Crippen LogP contribution in [0.15, 0.2) is 12.4 Å². The van der Waals surface area contributed by atoms with E-state index in [-0.39, 0.29) is 23.6 Å². The average Bonchev–Trinajstić information content (AvgIpc) is 2.20. The highest BCUT2D eigenvalue weighted by Gasteiger charge is 2.18. The van der Waals surface area contributed by atoms with Crippen LogP contribution < -0.4 is 0 Å². The molecule has 3 nitrogen and oxygen atoms in total. The molecule has 0 aromatic heterocycles. The van der Waals surface area contributed by atoms with E-state index < -0.39 is 0 Å². The van der Waals surface area contributed by atoms with E-state index in [2.05, 4.69) is 9.80 Å². The lowest BCUT2D eigenvalue weighted by Gasteiger charge is -2.26. The standard InChI is InChI=1S/C7H14N2O.BrH/c1-8-4-5-9(2)7(8)3-6-10;/h4-5,7,10H,3,6H2,1-2H3;1H. The molecule has 1 heterocycles. The molecular formula is C7H15BrN2O. The highest BCUT2D eigenvalue weighted by Crippen LogP contribution is 2.13. The third-order valence-corrected chi connectivity index (χ3v) is 1.86. The molecule has 66 valence electrons. The number of nitrogens with zero attached hydrogens (tertiary/aromatic N) is 2. The summed E-state index contributed by atoms with van der Waals surface area (Å²) in [6.07, 6.45) is 5.19. The fraction of sp³-hybridized carbons (Fsp3) is 0.714. The maximum Gasteiger partial charge on any atom is 0.102 e. The van der Waals surface area contributed by atoms with E-state index in [1.807, 2.05) is 26.5 Å². The van der Waals surface area contributed by atoms with E-state index in [1.54, 1.807) is 0 Å². The zero-order chi connectivity index (χ0) is 7.56. The molecule has 0 fully saturated rings. The molecule has 1 aliphatic heterocycles. The monoisotopic (exact) mass is 222 g/mol. The average molecular weight is 223 g/mol. The summed E-state index contributed by atoms with van der Waals surface area (Å²) in [6, 6.07) is 0. The lowest BCUT2D eigenvalue weighted by atomic mass is 10.3. The second-order valence-electron chi connectivity index (χ2n) is 2.62. The minimum atomic E-state index is 0. The highest BCUT2D eigenvalue weighted by atomic mass is 79.9. The number of halogens is 1. The molecular weight excluding hydrogens is 208 g/mol. The van der Waals surface area contributed by atoms with Crippen LogP contribution >= 0.6 is 17.0 Å². The molecule has 1 rings (SSSR count). The van der Waals surface area contributed by atoms with Crippen LogP contribution in [0.1, 0.15) is 6.42 Å². The second kappa shape index (κ2) is 4.62. The summed E-state index contributed by atoms with van der Waals surface area (Å²) in [5.74, 6) is 0. The van der Waals surface area contributed by atoms with Gasteiger partial charge in [0.2, 0.25) is 0 Å². The van der Waals surface area contributed by atoms with Gasteiger partial charge in [0, 0.05) is 39.5 Å². The molecule has 0 aromatic carbocycles. The van der Waals surface area contributed by atoms with Crippen molar-refractivity contribution in [3.05, 3.63) is 12.4 Å². The van der Waals surface area contributed by atoms with Crippen molar-refractivity contribution in [3.63, 3.8) is 0 Å². The summed E-state index contributed by atoms with van der Waals surface area (Å²) in [4.78, 5) is 4.19. The Labute approximate surface area is 78.1 Å². The van der Waals surface area contributed by atoms with E-state index in [0.29, 0.717) is 6.17 Å². The first-order valence-corrected chi connectivity index (χ1v) is 3.49. The summed E-state index contributed by atoms with van der Waals surface area (Å²) < 4.78 is 0. The normalized spacial score (nSPS) is 17.4. The first-order chi connectivity index (χ1) is 4.75. The van der Waals surface area contributed by atoms with Gasteiger partial charge in [-0.25, -0.2) is 0 Å². The Balaban J connectivity index is 0.000001000. The molecule has 1 aliphatic rings. The third kappa shape index (κ3) is 2.38. The second-order valence-corrected chi connectivity index (χ2v) is 2.62. The topological polar surface area (TPSA) is 26.7 Å². The summed E-state index contributed by atoms with van der Waals surface area (Å²) in [5, 5.41) is 8.68. The summed E-state index contributed by atoms with van der Waals surface area (Å²) in [7, 11) is 4.03. The predicted octanol–water partition coefficient (Wildman–Crippen LogP) is 0.621. The van der Waals surface area contributed by atoms with Gasteiger partial charge in [-0.3, -0.25) is 0 Å². The molecule has 0 atom stereocenters. The van der Waals surface area contributed by atoms with E-state index in [9.17, 15) is 0 Å². The van der Waals surface area contributed by atoms with E-state index in [1.165, 1.54) is 0 Å². The number of rotatable bonds is 2. The van der Waals surface area contributed by atoms with Gasteiger partial charge in [-0.05, 0) is 0 Å². The van der Waals surface area contributed by atoms with Crippen molar-refractivity contribution in [1.29, 1.82) is 0 Å². The van der Waals surface area contributed by atoms with Crippen LogP contribution in [0.5, 0.6) is 0 Å². The van der Waals surface area contributed by atoms with Gasteiger partial charge in [-0.1, -0.05) is 0 Å². The molecule has 0 amide bonds. The summed E-state index contributed by atoms with van der Waals surface area (Å²) in [5.41, 5.74) is 0. The molecule has 0 unspecified atom stereocenters. The fourth-order valence-corrected chi connectivity index (χ4v) is 1.22. The number of hydrogen-bond donors (Lipinski definition) is 1. The number of hydrogen-bond acceptors (Lipinski definition) is 3. The van der Waals surface area contributed by atoms with Crippen LogP contribution in [0, 0.1) is 0 Å². The van der Waals surface area contributed by atoms with E-state index in [4.69, 9.17) is 5.11 Å². The molecule has 0 saturated heterocycles. The van der Waals surface area contributed by atoms with Crippen LogP contribution in [0.3, 0.4) is 0 Å². The smallest absolute Gasteiger partial charge is 0.102 e. The summed E-state index contributed by atoms with van der Waals surface area (Å²) in [6.45, 7) is 0.251. The number of aliphatic hydroxyl groups is 1. The Kier molecular flexibility index (Phi) is 4.52. The molecule has 0 radical (unpaired) electrons. The zero-order valence-corrected chi connectivity index (χ0v) is 8.61. The zero-order valence-electron chi connectivity index (χ0n) is 6.90. The molecule has 0 spiro atoms. The summed E-state index contributed by atoms with van der Waals surface area (Å²) >= 11 is 0. The molecule has 0 aliphatic carbocycles. The van der Waals surface area contributed by atoms with E-state index in [0.717, 1.165) is 6.42 Å². The van der Waals surface area contributed by atoms with Crippen molar-refractivity contribution in [2.24, 2.45) is 0 Å². The van der Waals surface area contributed by atoms with Gasteiger partial charge < -0.3 is 14.9 Å². The van der Waals surface area contributed by atoms with Crippen molar-refractivity contribution in [3.8, 4) is 0 Å². The number of aliphatic hydroxyl groups excluding tert-OH is 1. The first kappa shape index (κ1) is 10.8. The van der Waals surface area contributed by atoms with Gasteiger partial charge in [0.1, 0.15) is 6.17 Å². The van der Waals surface area contributed by atoms with Gasteiger partial charge >= 0.3 is 0 Å². The maximum absolute atomic E-state index is 8.68. The lowest BCUT2D eigenvalue weighted by Crippen LogP contribution is -2.34. The molecule has 4 heteroatoms. The van der Waals surface area contributed by atoms with Crippen molar-refractivity contribution in [2.45, 2.75) is 12.6 Å². The Bertz CT molecular complexity index is 128. The van der Waals surface area contributed by atoms with Crippen molar-refractivity contribution in [2.75, 3.05) is 20.7 Å². The largest absolute Gasteiger partial charge is 0.396 e. The Morgan fingerprint density at radius 1 is 1.27 bits per heavy atom. The van der Waals surface area contributed by atoms with Crippen molar-refractivity contribution < 1.29 is 5.11 Å². The van der Waals surface area contributed by atoms with E-state index >= 15 is 0 Å². The Morgan fingerprint density at radius 3 is 2.09 bits per heavy atom. The molecule has 11 heavy (non-hydrogen) atoms. The quantitative estimate of drug-likeness (QED) is 0.743. The first-order valence-electron chi connectivity index (χ1n) is 3.49. The molecule has 0 aromatic rings. The van der Waals surface area contributed by atoms with Gasteiger partial charge in [-0.15, -0.1) is 17.0 Å². The maximum atomic E-state index is 8.68. The van der Waals surface area contributed by atoms with Crippen molar-refractivity contribution in [1.82, 2.24) is 9.80 Å². The van der Waals surface area contributed by atoms with Crippen LogP contribution in [0.4, 0.5) is 0 Å². The SMILES string of the molecule is Br.CN1C=CN(C)C1CCO. The van der Waals surface area contributed by atoms with Crippen LogP contribution in [-0.4, -0.2) is 41.8 Å². The molecule has 1 N–H and O–H groups in total. The predicted molar refractivity (Wildman–Crippen MR) is 50.5 cm³/mol. The van der Waals surface area contributed by atoms with Gasteiger partial charge in [0.05, 0.1) is 0 Å². The minimum Gasteiger partial charge on any atom is -0.396 e. The van der Waals surface area contributed by atoms with Crippen molar-refractivity contribution >= 4 is 17.0 Å². The Hall–Kier alpha value is -0.220. The fourth-order valence-electron chi connectivity index (χ4n) is 1.22. The highest BCUT2D eigenvalue weighted by molar-refractivity contribution is 8.93. The van der Waals surface area contributed by atoms with Crippen LogP contribution in [0.25, 0.3) is 0 Å². The van der Waals surface area contributed by atoms with Gasteiger partial charge in [-0.2, -0.15) is 0 Å². The molecule has 0 saturated carbocycles. The molecule has 0 bridgehead atoms. The Morgan fingerprint density at radius 2 is 1.73 bits per heavy atom. The minimum absolute atomic E-state index is 0. The van der Waals surface area contributed by atoms with Crippen LogP contribution in [-0.2, 0) is 0 Å². The van der Waals surface area contributed by atoms with Crippen LogP contribution in [0.2, 0.25) is 0 Å². The van der Waals surface area contributed by atoms with Gasteiger partial charge in [0.25, 0.3) is 0 Å².